The third-order valence-corrected chi connectivity index (χ3v) is 2.40. The van der Waals surface area contributed by atoms with Crippen LogP contribution in [0.5, 0.6) is 5.75 Å². The largest absolute Gasteiger partial charge is 0.494 e. The molecule has 0 unspecified atom stereocenters. The van der Waals surface area contributed by atoms with Gasteiger partial charge < -0.3 is 14.4 Å². The van der Waals surface area contributed by atoms with E-state index in [1.165, 1.54) is 0 Å². The Hall–Kier alpha value is -0.930. The minimum Gasteiger partial charge on any atom is -0.494 e. The number of rotatable bonds is 4. The first-order valence-corrected chi connectivity index (χ1v) is 5.06. The first-order chi connectivity index (χ1) is 7.31. The molecule has 1 aromatic carbocycles. The summed E-state index contributed by atoms with van der Waals surface area (Å²) in [7, 11) is 4.56. The molecule has 0 amide bonds. The zero-order valence-corrected chi connectivity index (χ0v) is 8.48. The molecule has 2 rings (SSSR count). The normalized spacial score (nSPS) is 14.1. The number of ether oxygens (including phenoxy) is 1. The van der Waals surface area contributed by atoms with Crippen LogP contribution in [0.2, 0.25) is 6.32 Å². The molecule has 3 nitrogen and oxygen atoms in total. The predicted octanol–water partition coefficient (Wildman–Crippen LogP) is 0.260. The van der Waals surface area contributed by atoms with Crippen molar-refractivity contribution in [2.24, 2.45) is 0 Å². The van der Waals surface area contributed by atoms with E-state index >= 15 is 0 Å². The van der Waals surface area contributed by atoms with E-state index in [9.17, 15) is 5.02 Å². The number of benzene rings is 1. The van der Waals surface area contributed by atoms with Gasteiger partial charge in [-0.25, -0.2) is 0 Å². The Balaban J connectivity index is 2.05. The summed E-state index contributed by atoms with van der Waals surface area (Å²) in [5.41, 5.74) is 1.83. The van der Waals surface area contributed by atoms with E-state index in [1.54, 1.807) is 0 Å². The average Bonchev–Trinajstić information content (AvgIpc) is 2.61. The topological polar surface area (TPSA) is 38.7 Å². The van der Waals surface area contributed by atoms with Crippen molar-refractivity contribution in [3.8, 4) is 5.75 Å². The third kappa shape index (κ3) is 2.36. The van der Waals surface area contributed by atoms with Gasteiger partial charge in [0.15, 0.2) is 0 Å². The smallest absolute Gasteiger partial charge is 0.491 e. The second-order valence-corrected chi connectivity index (χ2v) is 3.51. The fraction of sp³-hybridized carbons (Fsp3) is 0.400. The van der Waals surface area contributed by atoms with Crippen LogP contribution in [0.25, 0.3) is 0 Å². The fourth-order valence-electron chi connectivity index (χ4n) is 1.56. The lowest BCUT2D eigenvalue weighted by Crippen LogP contribution is -2.28. The van der Waals surface area contributed by atoms with Crippen molar-refractivity contribution in [3.63, 3.8) is 0 Å². The maximum absolute atomic E-state index is 9.48. The lowest BCUT2D eigenvalue weighted by Gasteiger charge is -2.06. The molecule has 0 aliphatic carbocycles. The quantitative estimate of drug-likeness (QED) is 0.561. The Morgan fingerprint density at radius 1 is 1.53 bits per heavy atom. The molecule has 1 heterocycles. The molecule has 0 saturated heterocycles. The van der Waals surface area contributed by atoms with Gasteiger partial charge in [-0.1, -0.05) is 12.4 Å². The van der Waals surface area contributed by atoms with Crippen LogP contribution >= 0.6 is 0 Å². The van der Waals surface area contributed by atoms with E-state index in [0.717, 1.165) is 23.2 Å². The second kappa shape index (κ2) is 4.73. The van der Waals surface area contributed by atoms with Gasteiger partial charge in [-0.2, -0.15) is 0 Å². The Labute approximate surface area is 91.0 Å². The lowest BCUT2D eigenvalue weighted by atomic mass is 9.79. The monoisotopic (exact) mass is 202 g/mol. The SMILES string of the molecule is [B]CCCOc1ccc2c(c1)B(O)OC2. The van der Waals surface area contributed by atoms with Gasteiger partial charge in [0, 0.05) is 0 Å². The summed E-state index contributed by atoms with van der Waals surface area (Å²) in [4.78, 5) is 0. The number of fused-ring (bicyclic) bond motifs is 1. The van der Waals surface area contributed by atoms with E-state index in [2.05, 4.69) is 0 Å². The molecule has 0 fully saturated rings. The van der Waals surface area contributed by atoms with Gasteiger partial charge in [-0.15, -0.1) is 0 Å². The second-order valence-electron chi connectivity index (χ2n) is 3.51. The molecular formula is C10H12B2O3. The maximum Gasteiger partial charge on any atom is 0.491 e. The van der Waals surface area contributed by atoms with Crippen LogP contribution in [-0.4, -0.2) is 26.6 Å². The first-order valence-electron chi connectivity index (χ1n) is 5.06. The number of hydrogen-bond acceptors (Lipinski definition) is 3. The molecule has 1 aromatic rings. The van der Waals surface area contributed by atoms with Crippen molar-refractivity contribution in [2.45, 2.75) is 19.3 Å². The predicted molar refractivity (Wildman–Crippen MR) is 59.5 cm³/mol. The van der Waals surface area contributed by atoms with Gasteiger partial charge in [-0.3, -0.25) is 0 Å². The van der Waals surface area contributed by atoms with Crippen LogP contribution in [0.1, 0.15) is 12.0 Å². The molecule has 15 heavy (non-hydrogen) atoms. The maximum atomic E-state index is 9.48. The highest BCUT2D eigenvalue weighted by Crippen LogP contribution is 2.16. The Morgan fingerprint density at radius 3 is 3.20 bits per heavy atom. The van der Waals surface area contributed by atoms with Crippen molar-refractivity contribution in [1.29, 1.82) is 0 Å². The molecule has 0 aromatic heterocycles. The molecule has 1 N–H and O–H groups in total. The zero-order valence-electron chi connectivity index (χ0n) is 8.48. The van der Waals surface area contributed by atoms with Gasteiger partial charge in [0.25, 0.3) is 0 Å². The molecule has 0 spiro atoms. The molecule has 0 atom stereocenters. The summed E-state index contributed by atoms with van der Waals surface area (Å²) in [6.45, 7) is 1.08. The van der Waals surface area contributed by atoms with Gasteiger partial charge >= 0.3 is 7.12 Å². The zero-order chi connectivity index (χ0) is 10.7. The van der Waals surface area contributed by atoms with Crippen molar-refractivity contribution >= 4 is 20.4 Å². The first kappa shape index (κ1) is 10.6. The van der Waals surface area contributed by atoms with Crippen LogP contribution in [0.4, 0.5) is 0 Å². The molecule has 0 bridgehead atoms. The van der Waals surface area contributed by atoms with Crippen LogP contribution in [0.15, 0.2) is 18.2 Å². The van der Waals surface area contributed by atoms with Crippen LogP contribution in [0.3, 0.4) is 0 Å². The minimum atomic E-state index is -0.807. The molecule has 76 valence electrons. The van der Waals surface area contributed by atoms with Crippen molar-refractivity contribution in [2.75, 3.05) is 6.61 Å². The molecule has 5 heteroatoms. The van der Waals surface area contributed by atoms with Crippen molar-refractivity contribution < 1.29 is 14.4 Å². The fourth-order valence-corrected chi connectivity index (χ4v) is 1.56. The Kier molecular flexibility index (Phi) is 3.34. The molecule has 0 saturated carbocycles. The molecule has 1 aliphatic rings. The van der Waals surface area contributed by atoms with Crippen molar-refractivity contribution in [1.82, 2.24) is 0 Å². The van der Waals surface area contributed by atoms with E-state index in [1.807, 2.05) is 18.2 Å². The van der Waals surface area contributed by atoms with Crippen LogP contribution in [-0.2, 0) is 11.3 Å². The highest BCUT2D eigenvalue weighted by molar-refractivity contribution is 6.61. The average molecular weight is 202 g/mol. The highest BCUT2D eigenvalue weighted by Gasteiger charge is 2.27. The molecular weight excluding hydrogens is 190 g/mol. The van der Waals surface area contributed by atoms with Gasteiger partial charge in [-0.05, 0) is 29.6 Å². The summed E-state index contributed by atoms with van der Waals surface area (Å²) in [6, 6.07) is 5.63. The number of hydrogen-bond donors (Lipinski definition) is 1. The van der Waals surface area contributed by atoms with E-state index in [-0.39, 0.29) is 0 Å². The van der Waals surface area contributed by atoms with E-state index < -0.39 is 7.12 Å². The summed E-state index contributed by atoms with van der Waals surface area (Å²) in [5, 5.41) is 9.48. The Bertz CT molecular complexity index is 343. The van der Waals surface area contributed by atoms with E-state index in [0.29, 0.717) is 19.5 Å². The van der Waals surface area contributed by atoms with E-state index in [4.69, 9.17) is 17.2 Å². The Morgan fingerprint density at radius 2 is 2.40 bits per heavy atom. The molecule has 1 aliphatic heterocycles. The summed E-state index contributed by atoms with van der Waals surface area (Å²) >= 11 is 0. The highest BCUT2D eigenvalue weighted by atomic mass is 16.5. The summed E-state index contributed by atoms with van der Waals surface area (Å²) in [6.07, 6.45) is 1.45. The molecule has 2 radical (unpaired) electrons. The standard InChI is InChI=1S/C10H12B2O3/c11-4-1-5-14-9-3-2-8-7-15-12(13)10(8)6-9/h2-3,6,13H,1,4-5,7H2. The summed E-state index contributed by atoms with van der Waals surface area (Å²) in [5.74, 6) is 0.756. The van der Waals surface area contributed by atoms with Gasteiger partial charge in [0.2, 0.25) is 0 Å². The summed E-state index contributed by atoms with van der Waals surface area (Å²) < 4.78 is 10.6. The van der Waals surface area contributed by atoms with Gasteiger partial charge in [0.1, 0.15) is 5.75 Å². The van der Waals surface area contributed by atoms with Crippen LogP contribution in [0, 0.1) is 0 Å². The van der Waals surface area contributed by atoms with Crippen LogP contribution < -0.4 is 10.2 Å². The minimum absolute atomic E-state index is 0.472. The van der Waals surface area contributed by atoms with Gasteiger partial charge in [0.05, 0.1) is 21.1 Å². The lowest BCUT2D eigenvalue weighted by molar-refractivity contribution is 0.275. The third-order valence-electron chi connectivity index (χ3n) is 2.40. The van der Waals surface area contributed by atoms with Crippen molar-refractivity contribution in [3.05, 3.63) is 23.8 Å².